The van der Waals surface area contributed by atoms with Crippen molar-refractivity contribution in [2.24, 2.45) is 12.8 Å². The summed E-state index contributed by atoms with van der Waals surface area (Å²) < 4.78 is 28.0. The molecule has 146 valence electrons. The Labute approximate surface area is 159 Å². The van der Waals surface area contributed by atoms with Crippen LogP contribution in [-0.2, 0) is 28.3 Å². The molecule has 1 heterocycles. The first-order chi connectivity index (χ1) is 12.7. The predicted octanol–water partition coefficient (Wildman–Crippen LogP) is 1.34. The summed E-state index contributed by atoms with van der Waals surface area (Å²) in [5.41, 5.74) is 6.65. The van der Waals surface area contributed by atoms with Crippen LogP contribution in [-0.4, -0.2) is 42.2 Å². The smallest absolute Gasteiger partial charge is 0.272 e. The summed E-state index contributed by atoms with van der Waals surface area (Å²) in [4.78, 5) is 23.5. The van der Waals surface area contributed by atoms with E-state index in [-0.39, 0.29) is 17.0 Å². The fourth-order valence-electron chi connectivity index (χ4n) is 2.72. The average Bonchev–Trinajstić information content (AvgIpc) is 3.00. The molecule has 9 heteroatoms. The summed E-state index contributed by atoms with van der Waals surface area (Å²) >= 11 is 0. The number of nitrogens with zero attached hydrogens (tertiary/aromatic N) is 2. The third-order valence-corrected chi connectivity index (χ3v) is 6.16. The Kier molecular flexibility index (Phi) is 6.40. The zero-order chi connectivity index (χ0) is 20.2. The standard InChI is InChI=1S/C18H24N4O4S/c1-4-22(5-2)27(25,26)15-11-16(21(3)12-15)18(24)20-14-8-6-13(7-9-14)10-17(19)23/h6-9,11-12H,4-5,10H2,1-3H3,(H2,19,23)(H,20,24). The number of hydrogen-bond acceptors (Lipinski definition) is 4. The molecule has 3 N–H and O–H groups in total. The van der Waals surface area contributed by atoms with E-state index in [1.807, 2.05) is 0 Å². The second kappa shape index (κ2) is 8.36. The number of carbonyl (C=O) groups is 2. The number of nitrogens with two attached hydrogens (primary N) is 1. The van der Waals surface area contributed by atoms with E-state index in [1.165, 1.54) is 21.1 Å². The van der Waals surface area contributed by atoms with E-state index in [9.17, 15) is 18.0 Å². The van der Waals surface area contributed by atoms with Crippen LogP contribution in [0.2, 0.25) is 0 Å². The molecule has 0 aliphatic rings. The molecule has 2 amide bonds. The van der Waals surface area contributed by atoms with Crippen LogP contribution in [0.3, 0.4) is 0 Å². The van der Waals surface area contributed by atoms with Gasteiger partial charge >= 0.3 is 0 Å². The fourth-order valence-corrected chi connectivity index (χ4v) is 4.25. The van der Waals surface area contributed by atoms with Crippen molar-refractivity contribution < 1.29 is 18.0 Å². The van der Waals surface area contributed by atoms with E-state index < -0.39 is 21.8 Å². The number of sulfonamides is 1. The van der Waals surface area contributed by atoms with Gasteiger partial charge in [0, 0.05) is 32.0 Å². The molecule has 0 bridgehead atoms. The van der Waals surface area contributed by atoms with Gasteiger partial charge in [-0.3, -0.25) is 9.59 Å². The second-order valence-corrected chi connectivity index (χ2v) is 7.99. The molecule has 0 saturated carbocycles. The molecule has 1 aromatic carbocycles. The van der Waals surface area contributed by atoms with E-state index in [2.05, 4.69) is 5.32 Å². The molecule has 2 rings (SSSR count). The topological polar surface area (TPSA) is 114 Å². The van der Waals surface area contributed by atoms with Gasteiger partial charge in [0.25, 0.3) is 5.91 Å². The Morgan fingerprint density at radius 2 is 1.74 bits per heavy atom. The maximum atomic E-state index is 12.6. The van der Waals surface area contributed by atoms with E-state index in [1.54, 1.807) is 45.2 Å². The van der Waals surface area contributed by atoms with Crippen LogP contribution in [0.1, 0.15) is 29.9 Å². The van der Waals surface area contributed by atoms with Crippen LogP contribution in [0.25, 0.3) is 0 Å². The highest BCUT2D eigenvalue weighted by molar-refractivity contribution is 7.89. The van der Waals surface area contributed by atoms with Crippen LogP contribution in [0.4, 0.5) is 5.69 Å². The Bertz CT molecular complexity index is 929. The fraction of sp³-hybridized carbons (Fsp3) is 0.333. The number of nitrogens with one attached hydrogen (secondary N) is 1. The lowest BCUT2D eigenvalue weighted by Crippen LogP contribution is -2.30. The van der Waals surface area contributed by atoms with Crippen molar-refractivity contribution in [2.45, 2.75) is 25.2 Å². The number of anilines is 1. The van der Waals surface area contributed by atoms with Gasteiger partial charge in [-0.25, -0.2) is 8.42 Å². The highest BCUT2D eigenvalue weighted by Gasteiger charge is 2.25. The van der Waals surface area contributed by atoms with Crippen molar-refractivity contribution in [3.63, 3.8) is 0 Å². The second-order valence-electron chi connectivity index (χ2n) is 6.06. The minimum Gasteiger partial charge on any atom is -0.369 e. The van der Waals surface area contributed by atoms with Crippen molar-refractivity contribution in [3.05, 3.63) is 47.8 Å². The molecule has 0 aliphatic carbocycles. The van der Waals surface area contributed by atoms with Crippen molar-refractivity contribution >= 4 is 27.5 Å². The van der Waals surface area contributed by atoms with Crippen molar-refractivity contribution in [1.82, 2.24) is 8.87 Å². The largest absolute Gasteiger partial charge is 0.369 e. The third-order valence-electron chi connectivity index (χ3n) is 4.15. The Morgan fingerprint density at radius 1 is 1.15 bits per heavy atom. The molecule has 0 saturated heterocycles. The van der Waals surface area contributed by atoms with Crippen LogP contribution in [0.15, 0.2) is 41.4 Å². The number of amides is 2. The average molecular weight is 392 g/mol. The molecule has 2 aromatic rings. The summed E-state index contributed by atoms with van der Waals surface area (Å²) in [6.07, 6.45) is 1.55. The van der Waals surface area contributed by atoms with Gasteiger partial charge in [0.2, 0.25) is 15.9 Å². The number of aryl methyl sites for hydroxylation is 1. The van der Waals surface area contributed by atoms with E-state index >= 15 is 0 Å². The highest BCUT2D eigenvalue weighted by Crippen LogP contribution is 2.19. The van der Waals surface area contributed by atoms with E-state index in [4.69, 9.17) is 5.73 Å². The van der Waals surface area contributed by atoms with Gasteiger partial charge in [-0.1, -0.05) is 26.0 Å². The highest BCUT2D eigenvalue weighted by atomic mass is 32.2. The molecule has 0 aliphatic heterocycles. The van der Waals surface area contributed by atoms with Crippen LogP contribution >= 0.6 is 0 Å². The lowest BCUT2D eigenvalue weighted by atomic mass is 10.1. The quantitative estimate of drug-likeness (QED) is 0.705. The van der Waals surface area contributed by atoms with Crippen LogP contribution < -0.4 is 11.1 Å². The maximum absolute atomic E-state index is 12.6. The lowest BCUT2D eigenvalue weighted by Gasteiger charge is -2.17. The SMILES string of the molecule is CCN(CC)S(=O)(=O)c1cc(C(=O)Nc2ccc(CC(N)=O)cc2)n(C)c1. The van der Waals surface area contributed by atoms with Crippen molar-refractivity contribution in [1.29, 1.82) is 0 Å². The van der Waals surface area contributed by atoms with E-state index in [0.717, 1.165) is 5.56 Å². The first-order valence-electron chi connectivity index (χ1n) is 8.54. The van der Waals surface area contributed by atoms with Gasteiger partial charge in [0.05, 0.1) is 6.42 Å². The number of rotatable bonds is 8. The van der Waals surface area contributed by atoms with Gasteiger partial charge < -0.3 is 15.6 Å². The van der Waals surface area contributed by atoms with Crippen LogP contribution in [0.5, 0.6) is 0 Å². The monoisotopic (exact) mass is 392 g/mol. The molecule has 27 heavy (non-hydrogen) atoms. The van der Waals surface area contributed by atoms with Gasteiger partial charge in [-0.15, -0.1) is 0 Å². The summed E-state index contributed by atoms with van der Waals surface area (Å²) in [7, 11) is -2.02. The summed E-state index contributed by atoms with van der Waals surface area (Å²) in [5.74, 6) is -0.862. The number of aromatic nitrogens is 1. The Morgan fingerprint density at radius 3 is 2.26 bits per heavy atom. The first-order valence-corrected chi connectivity index (χ1v) is 9.98. The molecule has 8 nitrogen and oxygen atoms in total. The number of primary amides is 1. The van der Waals surface area contributed by atoms with E-state index in [0.29, 0.717) is 18.8 Å². The van der Waals surface area contributed by atoms with Gasteiger partial charge in [0.15, 0.2) is 0 Å². The first kappa shape index (κ1) is 20.7. The zero-order valence-corrected chi connectivity index (χ0v) is 16.4. The van der Waals surface area contributed by atoms with Gasteiger partial charge in [0.1, 0.15) is 10.6 Å². The summed E-state index contributed by atoms with van der Waals surface area (Å²) in [5, 5.41) is 2.72. The van der Waals surface area contributed by atoms with Crippen molar-refractivity contribution in [2.75, 3.05) is 18.4 Å². The molecular weight excluding hydrogens is 368 g/mol. The predicted molar refractivity (Wildman–Crippen MR) is 103 cm³/mol. The minimum absolute atomic E-state index is 0.0793. The van der Waals surface area contributed by atoms with Crippen LogP contribution in [0, 0.1) is 0 Å². The maximum Gasteiger partial charge on any atom is 0.272 e. The zero-order valence-electron chi connectivity index (χ0n) is 15.6. The molecule has 0 unspecified atom stereocenters. The lowest BCUT2D eigenvalue weighted by molar-refractivity contribution is -0.117. The Balaban J connectivity index is 2.20. The van der Waals surface area contributed by atoms with Crippen molar-refractivity contribution in [3.8, 4) is 0 Å². The number of benzene rings is 1. The third kappa shape index (κ3) is 4.75. The summed E-state index contributed by atoms with van der Waals surface area (Å²) in [6, 6.07) is 8.08. The number of carbonyl (C=O) groups excluding carboxylic acids is 2. The number of hydrogen-bond donors (Lipinski definition) is 2. The minimum atomic E-state index is -3.64. The van der Waals surface area contributed by atoms with Gasteiger partial charge in [-0.05, 0) is 23.8 Å². The Hall–Kier alpha value is -2.65. The molecule has 0 radical (unpaired) electrons. The normalized spacial score (nSPS) is 11.6. The van der Waals surface area contributed by atoms with Gasteiger partial charge in [-0.2, -0.15) is 4.31 Å². The molecule has 0 fully saturated rings. The molecule has 0 spiro atoms. The molecular formula is C18H24N4O4S. The molecule has 0 atom stereocenters. The molecule has 1 aromatic heterocycles. The summed E-state index contributed by atoms with van der Waals surface area (Å²) in [6.45, 7) is 4.23.